The van der Waals surface area contributed by atoms with E-state index in [9.17, 15) is 0 Å². The van der Waals surface area contributed by atoms with E-state index in [0.717, 1.165) is 36.0 Å². The van der Waals surface area contributed by atoms with Gasteiger partial charge in [0.25, 0.3) is 0 Å². The number of nitrogens with one attached hydrogen (secondary N) is 2. The number of aromatic nitrogens is 4. The smallest absolute Gasteiger partial charge is 0.223 e. The van der Waals surface area contributed by atoms with E-state index in [0.29, 0.717) is 18.3 Å². The van der Waals surface area contributed by atoms with Gasteiger partial charge in [0.15, 0.2) is 5.82 Å². The highest BCUT2D eigenvalue weighted by molar-refractivity contribution is 5.57. The van der Waals surface area contributed by atoms with Crippen molar-refractivity contribution < 1.29 is 4.52 Å². The summed E-state index contributed by atoms with van der Waals surface area (Å²) in [5.41, 5.74) is 0.990. The number of anilines is 2. The molecule has 20 heavy (non-hydrogen) atoms. The topological polar surface area (TPSA) is 88.8 Å². The van der Waals surface area contributed by atoms with Gasteiger partial charge in [-0.05, 0) is 20.3 Å². The highest BCUT2D eigenvalue weighted by atomic mass is 16.5. The summed E-state index contributed by atoms with van der Waals surface area (Å²) in [6.45, 7) is 9.11. The van der Waals surface area contributed by atoms with Crippen LogP contribution in [0, 0.1) is 20.8 Å². The van der Waals surface area contributed by atoms with E-state index in [1.807, 2.05) is 13.8 Å². The monoisotopic (exact) mass is 276 g/mol. The Bertz CT molecular complexity index is 580. The Balaban J connectivity index is 2.12. The van der Waals surface area contributed by atoms with Gasteiger partial charge in [0, 0.05) is 19.0 Å². The van der Waals surface area contributed by atoms with Gasteiger partial charge in [0.2, 0.25) is 5.89 Å². The van der Waals surface area contributed by atoms with E-state index in [4.69, 9.17) is 4.52 Å². The Morgan fingerprint density at radius 1 is 1.00 bits per heavy atom. The lowest BCUT2D eigenvalue weighted by molar-refractivity contribution is 0.388. The zero-order chi connectivity index (χ0) is 14.5. The molecule has 2 heterocycles. The minimum atomic E-state index is 0.474. The fraction of sp³-hybridized carbons (Fsp3) is 0.538. The highest BCUT2D eigenvalue weighted by Gasteiger charge is 2.10. The van der Waals surface area contributed by atoms with E-state index < -0.39 is 0 Å². The first kappa shape index (κ1) is 14.2. The van der Waals surface area contributed by atoms with Crippen molar-refractivity contribution in [3.05, 3.63) is 23.1 Å². The predicted octanol–water partition coefficient (Wildman–Crippen LogP) is 2.22. The standard InChI is InChI=1S/C13H20N6O/c1-5-6-14-12-8(2)13(17-9(3)16-12)15-7-11-18-10(4)20-19-11/h5-7H2,1-4H3,(H2,14,15,16,17). The third-order valence-electron chi connectivity index (χ3n) is 2.78. The van der Waals surface area contributed by atoms with Crippen LogP contribution in [0.5, 0.6) is 0 Å². The van der Waals surface area contributed by atoms with E-state index in [1.54, 1.807) is 6.92 Å². The molecule has 7 heteroatoms. The van der Waals surface area contributed by atoms with Crippen LogP contribution >= 0.6 is 0 Å². The number of nitrogens with zero attached hydrogens (tertiary/aromatic N) is 4. The van der Waals surface area contributed by atoms with Crippen LogP contribution in [-0.4, -0.2) is 26.7 Å². The Morgan fingerprint density at radius 3 is 2.30 bits per heavy atom. The predicted molar refractivity (Wildman–Crippen MR) is 76.6 cm³/mol. The van der Waals surface area contributed by atoms with Gasteiger partial charge in [-0.15, -0.1) is 0 Å². The van der Waals surface area contributed by atoms with Gasteiger partial charge in [-0.2, -0.15) is 4.98 Å². The molecule has 0 saturated heterocycles. The molecular weight excluding hydrogens is 256 g/mol. The first-order valence-corrected chi connectivity index (χ1v) is 6.72. The van der Waals surface area contributed by atoms with Gasteiger partial charge in [-0.3, -0.25) is 0 Å². The summed E-state index contributed by atoms with van der Waals surface area (Å²) in [6, 6.07) is 0. The minimum Gasteiger partial charge on any atom is -0.370 e. The van der Waals surface area contributed by atoms with Crippen LogP contribution in [0.15, 0.2) is 4.52 Å². The van der Waals surface area contributed by atoms with E-state index in [2.05, 4.69) is 37.7 Å². The van der Waals surface area contributed by atoms with Crippen molar-refractivity contribution in [1.82, 2.24) is 20.1 Å². The van der Waals surface area contributed by atoms with Crippen LogP contribution < -0.4 is 10.6 Å². The Morgan fingerprint density at radius 2 is 1.70 bits per heavy atom. The van der Waals surface area contributed by atoms with Crippen LogP contribution in [0.2, 0.25) is 0 Å². The van der Waals surface area contributed by atoms with Crippen LogP contribution in [0.1, 0.15) is 36.4 Å². The van der Waals surface area contributed by atoms with Crippen LogP contribution in [0.3, 0.4) is 0 Å². The zero-order valence-corrected chi connectivity index (χ0v) is 12.3. The van der Waals surface area contributed by atoms with Crippen molar-refractivity contribution in [2.75, 3.05) is 17.2 Å². The number of hydrogen-bond donors (Lipinski definition) is 2. The maximum absolute atomic E-state index is 4.94. The second-order valence-corrected chi connectivity index (χ2v) is 4.60. The Hall–Kier alpha value is -2.18. The lowest BCUT2D eigenvalue weighted by Crippen LogP contribution is -2.11. The Labute approximate surface area is 118 Å². The third kappa shape index (κ3) is 3.43. The highest BCUT2D eigenvalue weighted by Crippen LogP contribution is 2.20. The lowest BCUT2D eigenvalue weighted by Gasteiger charge is -2.13. The molecule has 0 aliphatic rings. The number of aryl methyl sites for hydroxylation is 2. The third-order valence-corrected chi connectivity index (χ3v) is 2.78. The average Bonchev–Trinajstić information content (AvgIpc) is 2.83. The quantitative estimate of drug-likeness (QED) is 0.836. The summed E-state index contributed by atoms with van der Waals surface area (Å²) in [7, 11) is 0. The maximum atomic E-state index is 4.94. The molecule has 0 aliphatic heterocycles. The molecule has 0 bridgehead atoms. The van der Waals surface area contributed by atoms with Gasteiger partial charge in [-0.1, -0.05) is 12.1 Å². The molecule has 2 aromatic rings. The molecule has 2 N–H and O–H groups in total. The molecule has 7 nitrogen and oxygen atoms in total. The minimum absolute atomic E-state index is 0.474. The van der Waals surface area contributed by atoms with E-state index in [1.165, 1.54) is 0 Å². The molecule has 0 aromatic carbocycles. The molecule has 0 fully saturated rings. The first-order valence-electron chi connectivity index (χ1n) is 6.72. The molecular formula is C13H20N6O. The molecule has 0 aliphatic carbocycles. The van der Waals surface area contributed by atoms with E-state index >= 15 is 0 Å². The van der Waals surface area contributed by atoms with Crippen LogP contribution in [0.25, 0.3) is 0 Å². The molecule has 0 spiro atoms. The SMILES string of the molecule is CCCNc1nc(C)nc(NCc2noc(C)n2)c1C. The molecule has 0 saturated carbocycles. The van der Waals surface area contributed by atoms with Crippen molar-refractivity contribution in [2.24, 2.45) is 0 Å². The second kappa shape index (κ2) is 6.31. The average molecular weight is 276 g/mol. The summed E-state index contributed by atoms with van der Waals surface area (Å²) in [5, 5.41) is 10.4. The normalized spacial score (nSPS) is 10.6. The van der Waals surface area contributed by atoms with Gasteiger partial charge >= 0.3 is 0 Å². The fourth-order valence-electron chi connectivity index (χ4n) is 1.79. The van der Waals surface area contributed by atoms with Crippen molar-refractivity contribution in [3.8, 4) is 0 Å². The first-order chi connectivity index (χ1) is 9.60. The second-order valence-electron chi connectivity index (χ2n) is 4.60. The Kier molecular flexibility index (Phi) is 4.49. The van der Waals surface area contributed by atoms with E-state index in [-0.39, 0.29) is 0 Å². The van der Waals surface area contributed by atoms with Crippen LogP contribution in [0.4, 0.5) is 11.6 Å². The molecule has 0 amide bonds. The van der Waals surface area contributed by atoms with Crippen molar-refractivity contribution in [2.45, 2.75) is 40.7 Å². The summed E-state index contributed by atoms with van der Waals surface area (Å²) in [5.74, 6) is 3.55. The largest absolute Gasteiger partial charge is 0.370 e. The lowest BCUT2D eigenvalue weighted by atomic mass is 10.3. The van der Waals surface area contributed by atoms with Gasteiger partial charge in [0.05, 0.1) is 6.54 Å². The summed E-state index contributed by atoms with van der Waals surface area (Å²) < 4.78 is 4.94. The summed E-state index contributed by atoms with van der Waals surface area (Å²) in [4.78, 5) is 13.0. The van der Waals surface area contributed by atoms with Gasteiger partial charge < -0.3 is 15.2 Å². The van der Waals surface area contributed by atoms with Crippen molar-refractivity contribution in [3.63, 3.8) is 0 Å². The molecule has 0 unspecified atom stereocenters. The molecule has 108 valence electrons. The molecule has 0 radical (unpaired) electrons. The summed E-state index contributed by atoms with van der Waals surface area (Å²) in [6.07, 6.45) is 1.05. The van der Waals surface area contributed by atoms with Crippen molar-refractivity contribution >= 4 is 11.6 Å². The molecule has 0 atom stereocenters. The maximum Gasteiger partial charge on any atom is 0.223 e. The summed E-state index contributed by atoms with van der Waals surface area (Å²) >= 11 is 0. The van der Waals surface area contributed by atoms with Crippen molar-refractivity contribution in [1.29, 1.82) is 0 Å². The van der Waals surface area contributed by atoms with Crippen LogP contribution in [-0.2, 0) is 6.54 Å². The number of hydrogen-bond acceptors (Lipinski definition) is 7. The van der Waals surface area contributed by atoms with Gasteiger partial charge in [-0.25, -0.2) is 9.97 Å². The molecule has 2 aromatic heterocycles. The fourth-order valence-corrected chi connectivity index (χ4v) is 1.79. The zero-order valence-electron chi connectivity index (χ0n) is 12.3. The number of rotatable bonds is 6. The molecule has 2 rings (SSSR count). The van der Waals surface area contributed by atoms with Gasteiger partial charge in [0.1, 0.15) is 17.5 Å².